The maximum Gasteiger partial charge on any atom is 0.407 e. The number of piperidine rings is 1. The fourth-order valence-corrected chi connectivity index (χ4v) is 2.99. The third kappa shape index (κ3) is 7.07. The van der Waals surface area contributed by atoms with E-state index in [4.69, 9.17) is 4.74 Å². The van der Waals surface area contributed by atoms with E-state index in [1.165, 1.54) is 18.4 Å². The molecule has 0 radical (unpaired) electrons. The zero-order valence-electron chi connectivity index (χ0n) is 16.0. The highest BCUT2D eigenvalue weighted by molar-refractivity contribution is 5.68. The summed E-state index contributed by atoms with van der Waals surface area (Å²) in [5.41, 5.74) is 1.88. The highest BCUT2D eigenvalue weighted by Gasteiger charge is 2.20. The number of aryl methyl sites for hydroxylation is 2. The van der Waals surface area contributed by atoms with Crippen LogP contribution in [0.2, 0.25) is 0 Å². The standard InChI is InChI=1S/C10H20N2O2.C9H10N2O/c1-10(2,3)14-9(13)12-8-4-6-11-7-5-8;12-6-9-10-5-7-3-1-2-4-8(7)11-9/h8,11H,4-7H2,1-3H3,(H,12,13);5-6H,1-4H2. The van der Waals surface area contributed by atoms with Gasteiger partial charge in [-0.05, 0) is 77.9 Å². The van der Waals surface area contributed by atoms with Gasteiger partial charge in [-0.2, -0.15) is 0 Å². The molecule has 144 valence electrons. The molecule has 0 bridgehead atoms. The van der Waals surface area contributed by atoms with E-state index >= 15 is 0 Å². The molecule has 1 amide bonds. The lowest BCUT2D eigenvalue weighted by Crippen LogP contribution is -2.44. The number of ether oxygens (including phenoxy) is 1. The topological polar surface area (TPSA) is 93.2 Å². The number of aldehydes is 1. The van der Waals surface area contributed by atoms with Crippen LogP contribution in [0.5, 0.6) is 0 Å². The molecule has 0 unspecified atom stereocenters. The average Bonchev–Trinajstić information content (AvgIpc) is 2.61. The van der Waals surface area contributed by atoms with Crippen LogP contribution in [0.25, 0.3) is 0 Å². The molecular formula is C19H30N4O3. The van der Waals surface area contributed by atoms with Crippen LogP contribution in [0.3, 0.4) is 0 Å². The Labute approximate surface area is 155 Å². The van der Waals surface area contributed by atoms with Crippen LogP contribution in [0.4, 0.5) is 4.79 Å². The van der Waals surface area contributed by atoms with Crippen LogP contribution in [0, 0.1) is 0 Å². The molecule has 0 spiro atoms. The predicted octanol–water partition coefficient (Wildman–Crippen LogP) is 2.43. The molecule has 7 nitrogen and oxygen atoms in total. The Hall–Kier alpha value is -2.02. The Kier molecular flexibility index (Phi) is 7.50. The first-order valence-electron chi connectivity index (χ1n) is 9.37. The summed E-state index contributed by atoms with van der Waals surface area (Å²) in [5, 5.41) is 6.12. The summed E-state index contributed by atoms with van der Waals surface area (Å²) >= 11 is 0. The van der Waals surface area contributed by atoms with E-state index in [1.54, 1.807) is 6.20 Å². The molecule has 7 heteroatoms. The van der Waals surface area contributed by atoms with Crippen molar-refractivity contribution >= 4 is 12.4 Å². The molecule has 0 atom stereocenters. The second kappa shape index (κ2) is 9.62. The number of amides is 1. The quantitative estimate of drug-likeness (QED) is 0.785. The van der Waals surface area contributed by atoms with E-state index in [1.807, 2.05) is 20.8 Å². The van der Waals surface area contributed by atoms with Crippen LogP contribution in [0.15, 0.2) is 6.20 Å². The molecule has 26 heavy (non-hydrogen) atoms. The SMILES string of the molecule is CC(C)(C)OC(=O)NC1CCNCC1.O=Cc1ncc2c(n1)CCCC2. The van der Waals surface area contributed by atoms with Crippen molar-refractivity contribution < 1.29 is 14.3 Å². The molecule has 0 aromatic carbocycles. The van der Waals surface area contributed by atoms with Crippen molar-refractivity contribution in [2.45, 2.75) is 70.9 Å². The normalized spacial score (nSPS) is 17.3. The Balaban J connectivity index is 0.000000189. The van der Waals surface area contributed by atoms with E-state index in [-0.39, 0.29) is 12.1 Å². The zero-order valence-corrected chi connectivity index (χ0v) is 16.0. The molecule has 2 heterocycles. The van der Waals surface area contributed by atoms with E-state index in [0.717, 1.165) is 44.5 Å². The molecule has 1 fully saturated rings. The number of carbonyl (C=O) groups is 2. The second-order valence-corrected chi connectivity index (χ2v) is 7.70. The van der Waals surface area contributed by atoms with Crippen molar-refractivity contribution in [3.05, 3.63) is 23.3 Å². The third-order valence-electron chi connectivity index (χ3n) is 4.25. The average molecular weight is 362 g/mol. The number of hydrogen-bond acceptors (Lipinski definition) is 6. The fourth-order valence-electron chi connectivity index (χ4n) is 2.99. The molecular weight excluding hydrogens is 332 g/mol. The summed E-state index contributed by atoms with van der Waals surface area (Å²) in [5.74, 6) is 0.315. The number of nitrogens with one attached hydrogen (secondary N) is 2. The maximum atomic E-state index is 11.4. The van der Waals surface area contributed by atoms with Gasteiger partial charge in [-0.1, -0.05) is 0 Å². The number of nitrogens with zero attached hydrogens (tertiary/aromatic N) is 2. The Morgan fingerprint density at radius 1 is 1.27 bits per heavy atom. The maximum absolute atomic E-state index is 11.4. The summed E-state index contributed by atoms with van der Waals surface area (Å²) in [6.45, 7) is 7.56. The van der Waals surface area contributed by atoms with Gasteiger partial charge in [-0.25, -0.2) is 14.8 Å². The molecule has 3 rings (SSSR count). The minimum absolute atomic E-state index is 0.270. The van der Waals surface area contributed by atoms with Gasteiger partial charge >= 0.3 is 6.09 Å². The van der Waals surface area contributed by atoms with E-state index in [9.17, 15) is 9.59 Å². The smallest absolute Gasteiger partial charge is 0.407 e. The number of rotatable bonds is 2. The molecule has 2 N–H and O–H groups in total. The first-order valence-corrected chi connectivity index (χ1v) is 9.37. The van der Waals surface area contributed by atoms with Crippen molar-refractivity contribution in [1.82, 2.24) is 20.6 Å². The molecule has 0 saturated carbocycles. The highest BCUT2D eigenvalue weighted by atomic mass is 16.6. The van der Waals surface area contributed by atoms with Crippen molar-refractivity contribution in [1.29, 1.82) is 0 Å². The Morgan fingerprint density at radius 3 is 2.62 bits per heavy atom. The Bertz CT molecular complexity index is 607. The summed E-state index contributed by atoms with van der Waals surface area (Å²) in [6.07, 6.45) is 8.62. The molecule has 1 saturated heterocycles. The van der Waals surface area contributed by atoms with E-state index < -0.39 is 5.60 Å². The molecule has 1 aliphatic carbocycles. The first-order chi connectivity index (χ1) is 12.4. The zero-order chi connectivity index (χ0) is 19.0. The van der Waals surface area contributed by atoms with Gasteiger partial charge in [0.1, 0.15) is 5.60 Å². The predicted molar refractivity (Wildman–Crippen MR) is 99.3 cm³/mol. The van der Waals surface area contributed by atoms with Gasteiger partial charge in [-0.3, -0.25) is 4.79 Å². The minimum Gasteiger partial charge on any atom is -0.444 e. The third-order valence-corrected chi connectivity index (χ3v) is 4.25. The van der Waals surface area contributed by atoms with Gasteiger partial charge < -0.3 is 15.4 Å². The molecule has 1 aliphatic heterocycles. The monoisotopic (exact) mass is 362 g/mol. The number of carbonyl (C=O) groups excluding carboxylic acids is 2. The van der Waals surface area contributed by atoms with Gasteiger partial charge in [0.2, 0.25) is 0 Å². The lowest BCUT2D eigenvalue weighted by molar-refractivity contribution is 0.0495. The summed E-state index contributed by atoms with van der Waals surface area (Å²) in [6, 6.07) is 0.270. The van der Waals surface area contributed by atoms with Gasteiger partial charge in [0.05, 0.1) is 0 Å². The molecule has 1 aromatic rings. The van der Waals surface area contributed by atoms with Crippen molar-refractivity contribution in [3.8, 4) is 0 Å². The number of aromatic nitrogens is 2. The summed E-state index contributed by atoms with van der Waals surface area (Å²) in [7, 11) is 0. The van der Waals surface area contributed by atoms with Gasteiger partial charge in [0, 0.05) is 17.9 Å². The van der Waals surface area contributed by atoms with Crippen LogP contribution < -0.4 is 10.6 Å². The van der Waals surface area contributed by atoms with Crippen LogP contribution in [-0.2, 0) is 17.6 Å². The van der Waals surface area contributed by atoms with Crippen LogP contribution in [-0.4, -0.2) is 47.1 Å². The van der Waals surface area contributed by atoms with Crippen LogP contribution >= 0.6 is 0 Å². The fraction of sp³-hybridized carbons (Fsp3) is 0.684. The summed E-state index contributed by atoms with van der Waals surface area (Å²) in [4.78, 5) is 29.8. The van der Waals surface area contributed by atoms with Gasteiger partial charge in [-0.15, -0.1) is 0 Å². The van der Waals surface area contributed by atoms with Crippen molar-refractivity contribution in [2.75, 3.05) is 13.1 Å². The number of alkyl carbamates (subject to hydrolysis) is 1. The highest BCUT2D eigenvalue weighted by Crippen LogP contribution is 2.17. The van der Waals surface area contributed by atoms with Gasteiger partial charge in [0.25, 0.3) is 0 Å². The van der Waals surface area contributed by atoms with Crippen molar-refractivity contribution in [3.63, 3.8) is 0 Å². The van der Waals surface area contributed by atoms with Gasteiger partial charge in [0.15, 0.2) is 12.1 Å². The van der Waals surface area contributed by atoms with Crippen LogP contribution in [0.1, 0.15) is 68.3 Å². The lowest BCUT2D eigenvalue weighted by atomic mass is 9.98. The largest absolute Gasteiger partial charge is 0.444 e. The minimum atomic E-state index is -0.406. The summed E-state index contributed by atoms with van der Waals surface area (Å²) < 4.78 is 5.17. The lowest BCUT2D eigenvalue weighted by Gasteiger charge is -2.26. The number of fused-ring (bicyclic) bond motifs is 1. The van der Waals surface area contributed by atoms with E-state index in [0.29, 0.717) is 12.1 Å². The first kappa shape index (κ1) is 20.3. The number of hydrogen-bond donors (Lipinski definition) is 2. The molecule has 1 aromatic heterocycles. The Morgan fingerprint density at radius 2 is 1.96 bits per heavy atom. The van der Waals surface area contributed by atoms with Crippen molar-refractivity contribution in [2.24, 2.45) is 0 Å². The van der Waals surface area contributed by atoms with E-state index in [2.05, 4.69) is 20.6 Å². The molecule has 2 aliphatic rings. The second-order valence-electron chi connectivity index (χ2n) is 7.70.